The number of nitrogens with one attached hydrogen (secondary N) is 1. The monoisotopic (exact) mass is 450 g/mol. The fraction of sp³-hybridized carbons (Fsp3) is 0.286. The second-order valence-corrected chi connectivity index (χ2v) is 6.88. The van der Waals surface area contributed by atoms with Crippen LogP contribution in [0.4, 0.5) is 13.2 Å². The average Bonchev–Trinajstić information content (AvgIpc) is 3.10. The summed E-state index contributed by atoms with van der Waals surface area (Å²) in [6, 6.07) is 12.0. The van der Waals surface area contributed by atoms with Crippen LogP contribution in [0.15, 0.2) is 40.9 Å². The van der Waals surface area contributed by atoms with E-state index < -0.39 is 12.8 Å². The fourth-order valence-corrected chi connectivity index (χ4v) is 3.31. The van der Waals surface area contributed by atoms with Gasteiger partial charge in [-0.25, -0.2) is 0 Å². The number of nitrogens with zero attached hydrogens (tertiary/aromatic N) is 3. The van der Waals surface area contributed by atoms with Gasteiger partial charge in [0.2, 0.25) is 5.82 Å². The number of hydrogen-bond acceptors (Lipinski definition) is 6. The van der Waals surface area contributed by atoms with E-state index >= 15 is 0 Å². The van der Waals surface area contributed by atoms with Crippen LogP contribution in [0.3, 0.4) is 0 Å². The molecule has 3 aromatic rings. The molecule has 4 rings (SSSR count). The molecule has 0 spiro atoms. The van der Waals surface area contributed by atoms with Crippen molar-refractivity contribution in [1.82, 2.24) is 15.5 Å². The summed E-state index contributed by atoms with van der Waals surface area (Å²) in [4.78, 5) is 4.39. The van der Waals surface area contributed by atoms with Crippen LogP contribution in [0.25, 0.3) is 22.8 Å². The van der Waals surface area contributed by atoms with Crippen LogP contribution in [0, 0.1) is 11.3 Å². The number of fused-ring (bicyclic) bond motifs is 1. The Morgan fingerprint density at radius 2 is 1.81 bits per heavy atom. The van der Waals surface area contributed by atoms with Crippen molar-refractivity contribution in [3.63, 3.8) is 0 Å². The normalized spacial score (nSPS) is 13.5. The summed E-state index contributed by atoms with van der Waals surface area (Å²) < 4.78 is 47.1. The molecule has 2 heterocycles. The summed E-state index contributed by atoms with van der Waals surface area (Å²) in [6.07, 6.45) is -2.61. The first kappa shape index (κ1) is 22.6. The molecule has 0 bridgehead atoms. The van der Waals surface area contributed by atoms with Gasteiger partial charge in [0.15, 0.2) is 6.61 Å². The third-order valence-corrected chi connectivity index (χ3v) is 4.77. The van der Waals surface area contributed by atoms with E-state index in [4.69, 9.17) is 9.26 Å². The number of alkyl halides is 3. The Bertz CT molecular complexity index is 1110. The summed E-state index contributed by atoms with van der Waals surface area (Å²) in [5, 5.41) is 16.6. The van der Waals surface area contributed by atoms with Crippen LogP contribution in [0.2, 0.25) is 0 Å². The first-order chi connectivity index (χ1) is 14.4. The average molecular weight is 451 g/mol. The topological polar surface area (TPSA) is 84.0 Å². The Morgan fingerprint density at radius 1 is 1.06 bits per heavy atom. The molecular weight excluding hydrogens is 433 g/mol. The first-order valence-electron chi connectivity index (χ1n) is 9.33. The van der Waals surface area contributed by atoms with Gasteiger partial charge >= 0.3 is 6.18 Å². The zero-order chi connectivity index (χ0) is 21.1. The minimum absolute atomic E-state index is 0. The molecule has 0 atom stereocenters. The standard InChI is InChI=1S/C21H17F3N4O2.ClH/c22-21(23,24)12-29-18-4-3-16(10-17(18)11-25)20-27-19(28-30-20)15-2-1-13-5-7-26-8-6-14(13)9-15;/h1-4,9-10,26H,5-8,12H2;1H. The van der Waals surface area contributed by atoms with Crippen LogP contribution in [-0.4, -0.2) is 36.0 Å². The molecule has 1 aliphatic heterocycles. The largest absolute Gasteiger partial charge is 0.483 e. The van der Waals surface area contributed by atoms with E-state index in [2.05, 4.69) is 21.5 Å². The number of aromatic nitrogens is 2. The van der Waals surface area contributed by atoms with Crippen molar-refractivity contribution in [3.05, 3.63) is 53.1 Å². The maximum atomic E-state index is 12.4. The van der Waals surface area contributed by atoms with Crippen molar-refractivity contribution in [2.45, 2.75) is 19.0 Å². The summed E-state index contributed by atoms with van der Waals surface area (Å²) in [7, 11) is 0. The molecule has 2 aromatic carbocycles. The molecule has 1 N–H and O–H groups in total. The van der Waals surface area contributed by atoms with Gasteiger partial charge < -0.3 is 14.6 Å². The lowest BCUT2D eigenvalue weighted by molar-refractivity contribution is -0.153. The Labute approximate surface area is 182 Å². The summed E-state index contributed by atoms with van der Waals surface area (Å²) in [6.45, 7) is 0.385. The van der Waals surface area contributed by atoms with Crippen molar-refractivity contribution in [2.24, 2.45) is 0 Å². The third kappa shape index (κ3) is 5.34. The minimum Gasteiger partial charge on any atom is -0.483 e. The number of halogens is 4. The zero-order valence-corrected chi connectivity index (χ0v) is 17.0. The van der Waals surface area contributed by atoms with E-state index in [1.165, 1.54) is 29.3 Å². The number of hydrogen-bond donors (Lipinski definition) is 1. The first-order valence-corrected chi connectivity index (χ1v) is 9.33. The van der Waals surface area contributed by atoms with Gasteiger partial charge in [0.05, 0.1) is 5.56 Å². The molecule has 0 unspecified atom stereocenters. The van der Waals surface area contributed by atoms with Crippen molar-refractivity contribution < 1.29 is 22.4 Å². The van der Waals surface area contributed by atoms with Gasteiger partial charge in [0.1, 0.15) is 11.8 Å². The number of nitriles is 1. The van der Waals surface area contributed by atoms with E-state index in [0.29, 0.717) is 11.4 Å². The molecule has 0 fully saturated rings. The Morgan fingerprint density at radius 3 is 2.55 bits per heavy atom. The van der Waals surface area contributed by atoms with Crippen LogP contribution in [0.5, 0.6) is 5.75 Å². The van der Waals surface area contributed by atoms with Crippen molar-refractivity contribution in [3.8, 4) is 34.7 Å². The quantitative estimate of drug-likeness (QED) is 0.637. The molecule has 0 saturated heterocycles. The van der Waals surface area contributed by atoms with Crippen LogP contribution < -0.4 is 10.1 Å². The molecule has 31 heavy (non-hydrogen) atoms. The van der Waals surface area contributed by atoms with E-state index in [0.717, 1.165) is 31.5 Å². The van der Waals surface area contributed by atoms with Gasteiger partial charge in [0, 0.05) is 11.1 Å². The fourth-order valence-electron chi connectivity index (χ4n) is 3.31. The molecule has 6 nitrogen and oxygen atoms in total. The molecule has 0 saturated carbocycles. The Hall–Kier alpha value is -3.09. The van der Waals surface area contributed by atoms with Crippen molar-refractivity contribution in [2.75, 3.05) is 19.7 Å². The highest BCUT2D eigenvalue weighted by Crippen LogP contribution is 2.29. The second kappa shape index (κ2) is 9.37. The van der Waals surface area contributed by atoms with Crippen molar-refractivity contribution >= 4 is 12.4 Å². The van der Waals surface area contributed by atoms with Crippen LogP contribution >= 0.6 is 12.4 Å². The van der Waals surface area contributed by atoms with Gasteiger partial charge in [-0.2, -0.15) is 23.4 Å². The third-order valence-electron chi connectivity index (χ3n) is 4.77. The second-order valence-electron chi connectivity index (χ2n) is 6.88. The van der Waals surface area contributed by atoms with Crippen LogP contribution in [-0.2, 0) is 12.8 Å². The highest BCUT2D eigenvalue weighted by molar-refractivity contribution is 5.85. The summed E-state index contributed by atoms with van der Waals surface area (Å²) >= 11 is 0. The molecular formula is C21H18ClF3N4O2. The number of ether oxygens (including phenoxy) is 1. The highest BCUT2D eigenvalue weighted by Gasteiger charge is 2.29. The zero-order valence-electron chi connectivity index (χ0n) is 16.2. The van der Waals surface area contributed by atoms with E-state index in [-0.39, 0.29) is 29.6 Å². The van der Waals surface area contributed by atoms with Gasteiger partial charge in [-0.1, -0.05) is 17.3 Å². The van der Waals surface area contributed by atoms with E-state index in [9.17, 15) is 18.4 Å². The molecule has 0 radical (unpaired) electrons. The van der Waals surface area contributed by atoms with Crippen LogP contribution in [0.1, 0.15) is 16.7 Å². The highest BCUT2D eigenvalue weighted by atomic mass is 35.5. The Balaban J connectivity index is 0.00000272. The predicted octanol–water partition coefficient (Wildman–Crippen LogP) is 4.33. The lowest BCUT2D eigenvalue weighted by atomic mass is 10.00. The lowest BCUT2D eigenvalue weighted by Gasteiger charge is -2.10. The molecule has 0 aliphatic carbocycles. The van der Waals surface area contributed by atoms with Crippen molar-refractivity contribution in [1.29, 1.82) is 5.26 Å². The van der Waals surface area contributed by atoms with Gasteiger partial charge in [-0.3, -0.25) is 0 Å². The number of rotatable bonds is 4. The molecule has 162 valence electrons. The summed E-state index contributed by atoms with van der Waals surface area (Å²) in [5.41, 5.74) is 3.72. The molecule has 1 aliphatic rings. The number of benzene rings is 2. The Kier molecular flexibility index (Phi) is 6.83. The maximum Gasteiger partial charge on any atom is 0.422 e. The minimum atomic E-state index is -4.49. The lowest BCUT2D eigenvalue weighted by Crippen LogP contribution is -2.19. The molecule has 10 heteroatoms. The smallest absolute Gasteiger partial charge is 0.422 e. The molecule has 1 aromatic heterocycles. The predicted molar refractivity (Wildman–Crippen MR) is 109 cm³/mol. The van der Waals surface area contributed by atoms with Gasteiger partial charge in [-0.05, 0) is 61.3 Å². The SMILES string of the molecule is Cl.N#Cc1cc(-c2nc(-c3ccc4c(c3)CCNCC4)no2)ccc1OCC(F)(F)F. The van der Waals surface area contributed by atoms with E-state index in [1.807, 2.05) is 18.2 Å². The van der Waals surface area contributed by atoms with E-state index in [1.54, 1.807) is 0 Å². The maximum absolute atomic E-state index is 12.4. The molecule has 0 amide bonds. The van der Waals surface area contributed by atoms with Gasteiger partial charge in [-0.15, -0.1) is 12.4 Å². The summed E-state index contributed by atoms with van der Waals surface area (Å²) in [5.74, 6) is 0.416. The van der Waals surface area contributed by atoms with Gasteiger partial charge in [0.25, 0.3) is 5.89 Å².